The molecule has 0 radical (unpaired) electrons. The van der Waals surface area contributed by atoms with Gasteiger partial charge in [0, 0.05) is 43.2 Å². The minimum absolute atomic E-state index is 0.00580. The zero-order valence-electron chi connectivity index (χ0n) is 20.0. The zero-order chi connectivity index (χ0) is 25.0. The van der Waals surface area contributed by atoms with Gasteiger partial charge in [-0.25, -0.2) is 4.79 Å². The van der Waals surface area contributed by atoms with Gasteiger partial charge >= 0.3 is 11.9 Å². The molecule has 1 amide bonds. The largest absolute Gasteiger partial charge is 0.481 e. The van der Waals surface area contributed by atoms with E-state index in [9.17, 15) is 29.4 Å². The maximum absolute atomic E-state index is 12.8. The number of carbonyl (C=O) groups excluding carboxylic acids is 2. The van der Waals surface area contributed by atoms with Crippen molar-refractivity contribution >= 4 is 23.6 Å². The lowest BCUT2D eigenvalue weighted by molar-refractivity contribution is -0.146. The SMILES string of the molecule is CC(C)n1cc(C(=O)C2CCN(C(=O)CCCC3=CC=C(C(=O)O)CC3(C)C(=O)O)CC2)cn1. The highest BCUT2D eigenvalue weighted by Gasteiger charge is 2.40. The van der Waals surface area contributed by atoms with Crippen molar-refractivity contribution in [2.24, 2.45) is 11.3 Å². The quantitative estimate of drug-likeness (QED) is 0.527. The number of carbonyl (C=O) groups is 4. The van der Waals surface area contributed by atoms with E-state index in [2.05, 4.69) is 5.10 Å². The number of ketones is 1. The van der Waals surface area contributed by atoms with Crippen molar-refractivity contribution < 1.29 is 29.4 Å². The summed E-state index contributed by atoms with van der Waals surface area (Å²) in [5, 5.41) is 23.1. The second kappa shape index (κ2) is 10.4. The fourth-order valence-corrected chi connectivity index (χ4v) is 4.62. The van der Waals surface area contributed by atoms with Gasteiger partial charge in [0.25, 0.3) is 0 Å². The van der Waals surface area contributed by atoms with Crippen LogP contribution >= 0.6 is 0 Å². The number of piperidine rings is 1. The summed E-state index contributed by atoms with van der Waals surface area (Å²) >= 11 is 0. The number of amides is 1. The Balaban J connectivity index is 1.50. The van der Waals surface area contributed by atoms with E-state index in [-0.39, 0.29) is 42.1 Å². The van der Waals surface area contributed by atoms with Gasteiger partial charge in [0.2, 0.25) is 5.91 Å². The van der Waals surface area contributed by atoms with Crippen LogP contribution in [0.3, 0.4) is 0 Å². The molecule has 0 aromatic carbocycles. The molecule has 1 saturated heterocycles. The number of carboxylic acid groups (broad SMARTS) is 2. The van der Waals surface area contributed by atoms with Gasteiger partial charge in [-0.1, -0.05) is 17.7 Å². The van der Waals surface area contributed by atoms with Crippen LogP contribution in [0.25, 0.3) is 0 Å². The maximum atomic E-state index is 12.8. The molecule has 0 bridgehead atoms. The maximum Gasteiger partial charge on any atom is 0.331 e. The highest BCUT2D eigenvalue weighted by molar-refractivity contribution is 5.97. The molecule has 3 rings (SSSR count). The Kier molecular flexibility index (Phi) is 7.74. The Labute approximate surface area is 199 Å². The van der Waals surface area contributed by atoms with E-state index in [1.165, 1.54) is 13.0 Å². The molecular formula is C25H33N3O6. The first-order valence-electron chi connectivity index (χ1n) is 11.8. The van der Waals surface area contributed by atoms with Gasteiger partial charge in [-0.3, -0.25) is 19.1 Å². The number of hydrogen-bond donors (Lipinski definition) is 2. The minimum Gasteiger partial charge on any atom is -0.481 e. The summed E-state index contributed by atoms with van der Waals surface area (Å²) in [7, 11) is 0. The van der Waals surface area contributed by atoms with Crippen LogP contribution in [-0.4, -0.2) is 61.6 Å². The zero-order valence-corrected chi connectivity index (χ0v) is 20.0. The summed E-state index contributed by atoms with van der Waals surface area (Å²) in [4.78, 5) is 50.4. The van der Waals surface area contributed by atoms with Crippen molar-refractivity contribution in [2.75, 3.05) is 13.1 Å². The summed E-state index contributed by atoms with van der Waals surface area (Å²) in [6.45, 7) is 6.58. The normalized spacial score (nSPS) is 21.2. The third-order valence-electron chi connectivity index (χ3n) is 6.96. The van der Waals surface area contributed by atoms with Gasteiger partial charge < -0.3 is 15.1 Å². The first-order chi connectivity index (χ1) is 16.0. The molecule has 9 nitrogen and oxygen atoms in total. The van der Waals surface area contributed by atoms with Crippen LogP contribution in [0.4, 0.5) is 0 Å². The van der Waals surface area contributed by atoms with Gasteiger partial charge in [-0.15, -0.1) is 0 Å². The van der Waals surface area contributed by atoms with Crippen molar-refractivity contribution in [3.05, 3.63) is 41.3 Å². The van der Waals surface area contributed by atoms with Crippen molar-refractivity contribution in [2.45, 2.75) is 65.3 Å². The topological polar surface area (TPSA) is 130 Å². The lowest BCUT2D eigenvalue weighted by atomic mass is 9.72. The fraction of sp³-hybridized carbons (Fsp3) is 0.560. The molecule has 1 unspecified atom stereocenters. The van der Waals surface area contributed by atoms with Gasteiger partial charge in [0.1, 0.15) is 0 Å². The number of aromatic nitrogens is 2. The molecule has 0 saturated carbocycles. The average Bonchev–Trinajstić information content (AvgIpc) is 3.30. The molecule has 1 aliphatic heterocycles. The molecular weight excluding hydrogens is 438 g/mol. The molecule has 9 heteroatoms. The van der Waals surface area contributed by atoms with E-state index in [0.29, 0.717) is 49.9 Å². The minimum atomic E-state index is -1.28. The Morgan fingerprint density at radius 1 is 1.15 bits per heavy atom. The van der Waals surface area contributed by atoms with Crippen LogP contribution < -0.4 is 0 Å². The molecule has 184 valence electrons. The number of Topliss-reactive ketones (excluding diaryl/α,β-unsaturated/α-hetero) is 1. The van der Waals surface area contributed by atoms with Crippen molar-refractivity contribution in [3.63, 3.8) is 0 Å². The first kappa shape index (κ1) is 25.4. The molecule has 1 atom stereocenters. The number of allylic oxidation sites excluding steroid dienone is 2. The lowest BCUT2D eigenvalue weighted by Crippen LogP contribution is -2.40. The monoisotopic (exact) mass is 471 g/mol. The van der Waals surface area contributed by atoms with Gasteiger partial charge in [0.05, 0.1) is 17.2 Å². The Bertz CT molecular complexity index is 1030. The van der Waals surface area contributed by atoms with E-state index in [0.717, 1.165) is 0 Å². The van der Waals surface area contributed by atoms with Gasteiger partial charge in [-0.2, -0.15) is 5.10 Å². The van der Waals surface area contributed by atoms with Crippen LogP contribution in [0, 0.1) is 11.3 Å². The van der Waals surface area contributed by atoms with Crippen molar-refractivity contribution in [1.82, 2.24) is 14.7 Å². The summed E-state index contributed by atoms with van der Waals surface area (Å²) in [5.41, 5.74) is 0.0247. The van der Waals surface area contributed by atoms with E-state index in [1.54, 1.807) is 28.1 Å². The van der Waals surface area contributed by atoms with Crippen LogP contribution in [0.5, 0.6) is 0 Å². The predicted octanol–water partition coefficient (Wildman–Crippen LogP) is 3.49. The smallest absolute Gasteiger partial charge is 0.331 e. The molecule has 2 aliphatic rings. The number of carboxylic acids is 2. The molecule has 34 heavy (non-hydrogen) atoms. The first-order valence-corrected chi connectivity index (χ1v) is 11.8. The van der Waals surface area contributed by atoms with Crippen molar-refractivity contribution in [1.29, 1.82) is 0 Å². The molecule has 1 aliphatic carbocycles. The fourth-order valence-electron chi connectivity index (χ4n) is 4.62. The Morgan fingerprint density at radius 3 is 2.38 bits per heavy atom. The Hall–Kier alpha value is -3.23. The summed E-state index contributed by atoms with van der Waals surface area (Å²) in [6.07, 6.45) is 8.75. The third-order valence-corrected chi connectivity index (χ3v) is 6.96. The van der Waals surface area contributed by atoms with Crippen molar-refractivity contribution in [3.8, 4) is 0 Å². The number of hydrogen-bond acceptors (Lipinski definition) is 5. The van der Waals surface area contributed by atoms with Crippen LogP contribution in [0.15, 0.2) is 35.7 Å². The molecule has 1 aromatic rings. The van der Waals surface area contributed by atoms with Crippen LogP contribution in [0.2, 0.25) is 0 Å². The Morgan fingerprint density at radius 2 is 1.82 bits per heavy atom. The summed E-state index contributed by atoms with van der Waals surface area (Å²) in [5.74, 6) is -2.23. The molecule has 2 heterocycles. The standard InChI is InChI=1S/C25H33N3O6/c1-16(2)28-15-19(14-26-28)22(30)17-9-11-27(12-10-17)21(29)6-4-5-20-8-7-18(23(31)32)13-25(20,3)24(33)34/h7-8,14-17H,4-6,9-13H2,1-3H3,(H,31,32)(H,33,34). The van der Waals surface area contributed by atoms with Crippen LogP contribution in [0.1, 0.15) is 75.7 Å². The number of aliphatic carboxylic acids is 2. The molecule has 2 N–H and O–H groups in total. The second-order valence-corrected chi connectivity index (χ2v) is 9.68. The van der Waals surface area contributed by atoms with E-state index in [1.807, 2.05) is 13.8 Å². The molecule has 1 fully saturated rings. The molecule has 1 aromatic heterocycles. The van der Waals surface area contributed by atoms with E-state index in [4.69, 9.17) is 0 Å². The summed E-state index contributed by atoms with van der Waals surface area (Å²) in [6, 6.07) is 0.189. The second-order valence-electron chi connectivity index (χ2n) is 9.68. The van der Waals surface area contributed by atoms with E-state index < -0.39 is 17.4 Å². The number of rotatable bonds is 9. The predicted molar refractivity (Wildman–Crippen MR) is 124 cm³/mol. The molecule has 0 spiro atoms. The van der Waals surface area contributed by atoms with Crippen LogP contribution in [-0.2, 0) is 14.4 Å². The average molecular weight is 472 g/mol. The lowest BCUT2D eigenvalue weighted by Gasteiger charge is -2.32. The third kappa shape index (κ3) is 5.46. The number of nitrogens with zero attached hydrogens (tertiary/aromatic N) is 3. The highest BCUT2D eigenvalue weighted by Crippen LogP contribution is 2.40. The number of likely N-dealkylation sites (tertiary alicyclic amines) is 1. The van der Waals surface area contributed by atoms with Gasteiger partial charge in [0.15, 0.2) is 5.78 Å². The van der Waals surface area contributed by atoms with E-state index >= 15 is 0 Å². The van der Waals surface area contributed by atoms with Gasteiger partial charge in [-0.05, 0) is 52.9 Å². The highest BCUT2D eigenvalue weighted by atomic mass is 16.4. The summed E-state index contributed by atoms with van der Waals surface area (Å²) < 4.78 is 1.77.